The van der Waals surface area contributed by atoms with Crippen LogP contribution in [0.1, 0.15) is 32.6 Å². The average Bonchev–Trinajstić information content (AvgIpc) is 2.18. The molecular formula is C11H23NO. The summed E-state index contributed by atoms with van der Waals surface area (Å²) in [6.07, 6.45) is 5.25. The van der Waals surface area contributed by atoms with Crippen LogP contribution in [-0.2, 0) is 4.74 Å². The maximum Gasteiger partial charge on any atom is 0.0467 e. The number of piperidine rings is 1. The molecule has 0 aromatic heterocycles. The lowest BCUT2D eigenvalue weighted by Gasteiger charge is -2.40. The van der Waals surface area contributed by atoms with Gasteiger partial charge in [-0.1, -0.05) is 13.3 Å². The molecule has 0 aromatic carbocycles. The zero-order valence-corrected chi connectivity index (χ0v) is 9.31. The molecule has 0 bridgehead atoms. The first-order valence-corrected chi connectivity index (χ1v) is 5.40. The molecule has 0 unspecified atom stereocenters. The van der Waals surface area contributed by atoms with Gasteiger partial charge in [0, 0.05) is 13.7 Å². The summed E-state index contributed by atoms with van der Waals surface area (Å²) in [6, 6.07) is 0. The average molecular weight is 185 g/mol. The van der Waals surface area contributed by atoms with E-state index in [4.69, 9.17) is 4.74 Å². The summed E-state index contributed by atoms with van der Waals surface area (Å²) >= 11 is 0. The van der Waals surface area contributed by atoms with Crippen molar-refractivity contribution in [3.05, 3.63) is 0 Å². The van der Waals surface area contributed by atoms with Crippen molar-refractivity contribution in [2.24, 2.45) is 5.41 Å². The molecule has 0 saturated carbocycles. The molecule has 1 rings (SSSR count). The molecule has 1 fully saturated rings. The monoisotopic (exact) mass is 185 g/mol. The number of hydrogen-bond donors (Lipinski definition) is 0. The van der Waals surface area contributed by atoms with E-state index in [1.807, 2.05) is 0 Å². The van der Waals surface area contributed by atoms with Crippen molar-refractivity contribution in [2.75, 3.05) is 33.9 Å². The Hall–Kier alpha value is -0.0800. The van der Waals surface area contributed by atoms with Crippen LogP contribution in [0.15, 0.2) is 0 Å². The van der Waals surface area contributed by atoms with Gasteiger partial charge in [-0.05, 0) is 44.8 Å². The third-order valence-corrected chi connectivity index (χ3v) is 3.63. The first kappa shape index (κ1) is 11.0. The number of likely N-dealkylation sites (tertiary alicyclic amines) is 1. The molecule has 0 atom stereocenters. The van der Waals surface area contributed by atoms with E-state index in [0.29, 0.717) is 5.41 Å². The van der Waals surface area contributed by atoms with Gasteiger partial charge >= 0.3 is 0 Å². The van der Waals surface area contributed by atoms with Crippen molar-refractivity contribution in [1.29, 1.82) is 0 Å². The standard InChI is InChI=1S/C11H23NO/c1-4-11(7-10-13-3)5-8-12(2)9-6-11/h4-10H2,1-3H3. The number of nitrogens with zero attached hydrogens (tertiary/aromatic N) is 1. The SMILES string of the molecule is CCC1(CCOC)CCN(C)CC1. The molecule has 2 nitrogen and oxygen atoms in total. The quantitative estimate of drug-likeness (QED) is 0.665. The van der Waals surface area contributed by atoms with Crippen LogP contribution in [-0.4, -0.2) is 38.8 Å². The highest BCUT2D eigenvalue weighted by atomic mass is 16.5. The molecule has 0 aromatic rings. The van der Waals surface area contributed by atoms with Gasteiger partial charge in [0.2, 0.25) is 0 Å². The van der Waals surface area contributed by atoms with Gasteiger partial charge in [-0.15, -0.1) is 0 Å². The molecule has 1 aliphatic heterocycles. The zero-order chi connectivity index (χ0) is 9.73. The van der Waals surface area contributed by atoms with E-state index in [1.54, 1.807) is 7.11 Å². The van der Waals surface area contributed by atoms with E-state index in [-0.39, 0.29) is 0 Å². The molecule has 78 valence electrons. The Morgan fingerprint density at radius 3 is 2.38 bits per heavy atom. The van der Waals surface area contributed by atoms with Gasteiger partial charge in [-0.25, -0.2) is 0 Å². The van der Waals surface area contributed by atoms with Crippen molar-refractivity contribution in [1.82, 2.24) is 4.90 Å². The van der Waals surface area contributed by atoms with Crippen LogP contribution >= 0.6 is 0 Å². The Bertz CT molecular complexity index is 134. The van der Waals surface area contributed by atoms with Gasteiger partial charge in [-0.3, -0.25) is 0 Å². The smallest absolute Gasteiger partial charge is 0.0467 e. The summed E-state index contributed by atoms with van der Waals surface area (Å²) in [7, 11) is 4.02. The first-order chi connectivity index (χ1) is 6.22. The van der Waals surface area contributed by atoms with Crippen LogP contribution in [0.3, 0.4) is 0 Å². The normalized spacial score (nSPS) is 23.3. The Morgan fingerprint density at radius 1 is 1.31 bits per heavy atom. The molecule has 0 radical (unpaired) electrons. The van der Waals surface area contributed by atoms with Gasteiger partial charge in [0.25, 0.3) is 0 Å². The number of ether oxygens (including phenoxy) is 1. The fourth-order valence-corrected chi connectivity index (χ4v) is 2.19. The summed E-state index contributed by atoms with van der Waals surface area (Å²) in [5.41, 5.74) is 0.586. The van der Waals surface area contributed by atoms with E-state index in [2.05, 4.69) is 18.9 Å². The lowest BCUT2D eigenvalue weighted by molar-refractivity contribution is 0.0705. The number of methoxy groups -OCH3 is 1. The van der Waals surface area contributed by atoms with E-state index in [0.717, 1.165) is 6.61 Å². The molecule has 1 heterocycles. The minimum atomic E-state index is 0.586. The third-order valence-electron chi connectivity index (χ3n) is 3.63. The Balaban J connectivity index is 2.40. The second-order valence-corrected chi connectivity index (χ2v) is 4.40. The highest BCUT2D eigenvalue weighted by Gasteiger charge is 2.31. The van der Waals surface area contributed by atoms with E-state index in [9.17, 15) is 0 Å². The Labute approximate surface area is 82.3 Å². The van der Waals surface area contributed by atoms with Crippen molar-refractivity contribution in [2.45, 2.75) is 32.6 Å². The van der Waals surface area contributed by atoms with Crippen LogP contribution in [0.2, 0.25) is 0 Å². The molecule has 0 N–H and O–H groups in total. The van der Waals surface area contributed by atoms with Crippen molar-refractivity contribution in [3.63, 3.8) is 0 Å². The second-order valence-electron chi connectivity index (χ2n) is 4.40. The maximum absolute atomic E-state index is 5.18. The number of rotatable bonds is 4. The molecule has 1 saturated heterocycles. The van der Waals surface area contributed by atoms with Crippen molar-refractivity contribution in [3.8, 4) is 0 Å². The first-order valence-electron chi connectivity index (χ1n) is 5.40. The lowest BCUT2D eigenvalue weighted by atomic mass is 9.74. The van der Waals surface area contributed by atoms with Crippen LogP contribution in [0.4, 0.5) is 0 Å². The van der Waals surface area contributed by atoms with Gasteiger partial charge < -0.3 is 9.64 Å². The highest BCUT2D eigenvalue weighted by molar-refractivity contribution is 4.83. The highest BCUT2D eigenvalue weighted by Crippen LogP contribution is 2.37. The molecule has 0 amide bonds. The zero-order valence-electron chi connectivity index (χ0n) is 9.31. The third kappa shape index (κ3) is 2.96. The lowest BCUT2D eigenvalue weighted by Crippen LogP contribution is -2.38. The fraction of sp³-hybridized carbons (Fsp3) is 1.00. The summed E-state index contributed by atoms with van der Waals surface area (Å²) < 4.78 is 5.18. The van der Waals surface area contributed by atoms with Crippen LogP contribution in [0.5, 0.6) is 0 Å². The van der Waals surface area contributed by atoms with E-state index >= 15 is 0 Å². The van der Waals surface area contributed by atoms with Gasteiger partial charge in [0.05, 0.1) is 0 Å². The van der Waals surface area contributed by atoms with Crippen LogP contribution in [0.25, 0.3) is 0 Å². The Morgan fingerprint density at radius 2 is 1.92 bits per heavy atom. The van der Waals surface area contributed by atoms with Gasteiger partial charge in [0.15, 0.2) is 0 Å². The fourth-order valence-electron chi connectivity index (χ4n) is 2.19. The minimum Gasteiger partial charge on any atom is -0.385 e. The summed E-state index contributed by atoms with van der Waals surface area (Å²) in [4.78, 5) is 2.43. The topological polar surface area (TPSA) is 12.5 Å². The molecule has 0 spiro atoms. The second kappa shape index (κ2) is 4.97. The molecule has 2 heteroatoms. The molecule has 13 heavy (non-hydrogen) atoms. The van der Waals surface area contributed by atoms with Crippen molar-refractivity contribution < 1.29 is 4.74 Å². The summed E-state index contributed by atoms with van der Waals surface area (Å²) in [5.74, 6) is 0. The molecular weight excluding hydrogens is 162 g/mol. The van der Waals surface area contributed by atoms with Gasteiger partial charge in [-0.2, -0.15) is 0 Å². The van der Waals surface area contributed by atoms with Gasteiger partial charge in [0.1, 0.15) is 0 Å². The van der Waals surface area contributed by atoms with E-state index < -0.39 is 0 Å². The largest absolute Gasteiger partial charge is 0.385 e. The maximum atomic E-state index is 5.18. The molecule has 0 aliphatic carbocycles. The summed E-state index contributed by atoms with van der Waals surface area (Å²) in [6.45, 7) is 5.77. The molecule has 1 aliphatic rings. The van der Waals surface area contributed by atoms with Crippen molar-refractivity contribution >= 4 is 0 Å². The Kier molecular flexibility index (Phi) is 4.20. The summed E-state index contributed by atoms with van der Waals surface area (Å²) in [5, 5.41) is 0. The van der Waals surface area contributed by atoms with Crippen LogP contribution < -0.4 is 0 Å². The predicted octanol–water partition coefficient (Wildman–Crippen LogP) is 2.14. The number of hydrogen-bond acceptors (Lipinski definition) is 2. The van der Waals surface area contributed by atoms with Crippen LogP contribution in [0, 0.1) is 5.41 Å². The minimum absolute atomic E-state index is 0.586. The van der Waals surface area contributed by atoms with E-state index in [1.165, 1.54) is 38.8 Å². The predicted molar refractivity (Wildman–Crippen MR) is 55.9 cm³/mol.